The van der Waals surface area contributed by atoms with E-state index in [2.05, 4.69) is 15.6 Å². The fourth-order valence-electron chi connectivity index (χ4n) is 4.12. The third kappa shape index (κ3) is 4.54. The summed E-state index contributed by atoms with van der Waals surface area (Å²) in [6.07, 6.45) is 6.99. The van der Waals surface area contributed by atoms with E-state index in [4.69, 9.17) is 0 Å². The summed E-state index contributed by atoms with van der Waals surface area (Å²) in [5.74, 6) is 0.303. The molecule has 2 heterocycles. The van der Waals surface area contributed by atoms with E-state index in [-0.39, 0.29) is 34.7 Å². The molecule has 28 heavy (non-hydrogen) atoms. The van der Waals surface area contributed by atoms with Crippen LogP contribution in [0, 0.1) is 6.92 Å². The largest absolute Gasteiger partial charge is 0.349 e. The van der Waals surface area contributed by atoms with Gasteiger partial charge in [0, 0.05) is 22.5 Å². The Bertz CT molecular complexity index is 890. The average Bonchev–Trinajstić information content (AvgIpc) is 2.98. The van der Waals surface area contributed by atoms with E-state index >= 15 is 0 Å². The van der Waals surface area contributed by atoms with E-state index in [1.54, 1.807) is 0 Å². The zero-order chi connectivity index (χ0) is 19.7. The smallest absolute Gasteiger partial charge is 0.251 e. The van der Waals surface area contributed by atoms with Gasteiger partial charge in [0.25, 0.3) is 5.91 Å². The van der Waals surface area contributed by atoms with Crippen LogP contribution in [0.4, 0.5) is 5.69 Å². The monoisotopic (exact) mass is 421 g/mol. The third-order valence-corrected chi connectivity index (χ3v) is 8.89. The van der Waals surface area contributed by atoms with Crippen LogP contribution in [-0.4, -0.2) is 48.3 Å². The lowest BCUT2D eigenvalue weighted by molar-refractivity contribution is 0.0933. The first-order valence-corrected chi connectivity index (χ1v) is 12.7. The summed E-state index contributed by atoms with van der Waals surface area (Å²) >= 11 is 1.49. The summed E-state index contributed by atoms with van der Waals surface area (Å²) in [7, 11) is -2.95. The zero-order valence-electron chi connectivity index (χ0n) is 16.1. The lowest BCUT2D eigenvalue weighted by atomic mass is 10.1. The Hall–Kier alpha value is -1.54. The lowest BCUT2D eigenvalue weighted by Crippen LogP contribution is -2.34. The second-order valence-corrected chi connectivity index (χ2v) is 11.4. The molecule has 0 unspecified atom stereocenters. The second-order valence-electron chi connectivity index (χ2n) is 8.05. The number of hydrogen-bond donors (Lipinski definition) is 2. The number of thioether (sulfide) groups is 1. The molecule has 8 heteroatoms. The summed E-state index contributed by atoms with van der Waals surface area (Å²) in [6, 6.07) is 5.78. The van der Waals surface area contributed by atoms with Gasteiger partial charge in [-0.25, -0.2) is 8.42 Å². The summed E-state index contributed by atoms with van der Waals surface area (Å²) in [4.78, 5) is 17.3. The van der Waals surface area contributed by atoms with Crippen molar-refractivity contribution in [3.05, 3.63) is 29.3 Å². The molecule has 1 aromatic rings. The van der Waals surface area contributed by atoms with Crippen LogP contribution in [0.5, 0.6) is 0 Å². The molecule has 1 saturated heterocycles. The van der Waals surface area contributed by atoms with Crippen molar-refractivity contribution in [2.75, 3.05) is 16.8 Å². The first-order chi connectivity index (χ1) is 13.4. The maximum absolute atomic E-state index is 12.7. The number of sulfone groups is 1. The number of anilines is 1. The van der Waals surface area contributed by atoms with Crippen LogP contribution in [-0.2, 0) is 9.84 Å². The summed E-state index contributed by atoms with van der Waals surface area (Å²) in [5, 5.41) is 7.25. The molecule has 2 aliphatic heterocycles. The molecule has 0 spiro atoms. The maximum Gasteiger partial charge on any atom is 0.251 e. The van der Waals surface area contributed by atoms with Gasteiger partial charge in [0.2, 0.25) is 0 Å². The lowest BCUT2D eigenvalue weighted by Gasteiger charge is -2.17. The fourth-order valence-corrected chi connectivity index (χ4v) is 7.79. The minimum Gasteiger partial charge on any atom is -0.349 e. The molecule has 2 fully saturated rings. The van der Waals surface area contributed by atoms with Crippen LogP contribution >= 0.6 is 11.8 Å². The number of amides is 1. The summed E-state index contributed by atoms with van der Waals surface area (Å²) < 4.78 is 23.4. The molecule has 0 radical (unpaired) electrons. The number of benzene rings is 1. The number of aryl methyl sites for hydroxylation is 1. The number of fused-ring (bicyclic) bond motifs is 1. The van der Waals surface area contributed by atoms with Gasteiger partial charge in [-0.15, -0.1) is 0 Å². The molecule has 0 aromatic heterocycles. The van der Waals surface area contributed by atoms with Crippen molar-refractivity contribution in [1.82, 2.24) is 5.32 Å². The van der Waals surface area contributed by atoms with Gasteiger partial charge in [-0.1, -0.05) is 43.5 Å². The Kier molecular flexibility index (Phi) is 5.69. The van der Waals surface area contributed by atoms with E-state index < -0.39 is 9.84 Å². The average molecular weight is 422 g/mol. The normalized spacial score (nSPS) is 27.0. The molecule has 0 bridgehead atoms. The van der Waals surface area contributed by atoms with Crippen molar-refractivity contribution < 1.29 is 13.2 Å². The number of carbonyl (C=O) groups is 1. The van der Waals surface area contributed by atoms with Crippen molar-refractivity contribution in [3.8, 4) is 0 Å². The van der Waals surface area contributed by atoms with Gasteiger partial charge in [-0.3, -0.25) is 9.79 Å². The van der Waals surface area contributed by atoms with Crippen LogP contribution in [0.2, 0.25) is 0 Å². The molecule has 2 atom stereocenters. The molecular formula is C20H27N3O3S2. The van der Waals surface area contributed by atoms with Crippen LogP contribution in [0.15, 0.2) is 23.2 Å². The number of carbonyl (C=O) groups excluding carboxylic acids is 1. The second kappa shape index (κ2) is 8.06. The molecule has 1 aromatic carbocycles. The fraction of sp³-hybridized carbons (Fsp3) is 0.600. The molecular weight excluding hydrogens is 394 g/mol. The van der Waals surface area contributed by atoms with Crippen LogP contribution in [0.25, 0.3) is 0 Å². The molecule has 1 aliphatic carbocycles. The quantitative estimate of drug-likeness (QED) is 0.732. The molecule has 3 aliphatic rings. The van der Waals surface area contributed by atoms with E-state index in [0.717, 1.165) is 29.3 Å². The minimum atomic E-state index is -2.95. The molecule has 6 nitrogen and oxygen atoms in total. The Morgan fingerprint density at radius 1 is 1.14 bits per heavy atom. The topological polar surface area (TPSA) is 87.6 Å². The van der Waals surface area contributed by atoms with E-state index in [1.165, 1.54) is 37.4 Å². The Morgan fingerprint density at radius 2 is 1.89 bits per heavy atom. The number of nitrogens with zero attached hydrogens (tertiary/aromatic N) is 1. The van der Waals surface area contributed by atoms with Gasteiger partial charge in [-0.2, -0.15) is 0 Å². The van der Waals surface area contributed by atoms with Crippen molar-refractivity contribution in [2.45, 2.75) is 62.8 Å². The Morgan fingerprint density at radius 3 is 2.61 bits per heavy atom. The highest BCUT2D eigenvalue weighted by molar-refractivity contribution is 8.15. The summed E-state index contributed by atoms with van der Waals surface area (Å²) in [6.45, 7) is 1.99. The first-order valence-electron chi connectivity index (χ1n) is 10.0. The van der Waals surface area contributed by atoms with Crippen molar-refractivity contribution in [2.24, 2.45) is 4.99 Å². The van der Waals surface area contributed by atoms with Gasteiger partial charge in [0.15, 0.2) is 15.0 Å². The van der Waals surface area contributed by atoms with Crippen molar-refractivity contribution in [3.63, 3.8) is 0 Å². The van der Waals surface area contributed by atoms with Gasteiger partial charge in [0.1, 0.15) is 0 Å². The number of rotatable bonds is 3. The van der Waals surface area contributed by atoms with E-state index in [1.807, 2.05) is 25.1 Å². The maximum atomic E-state index is 12.7. The Labute approximate surface area is 170 Å². The molecule has 2 N–H and O–H groups in total. The van der Waals surface area contributed by atoms with Crippen LogP contribution in [0.3, 0.4) is 0 Å². The predicted molar refractivity (Wildman–Crippen MR) is 115 cm³/mol. The van der Waals surface area contributed by atoms with Crippen molar-refractivity contribution >= 4 is 38.4 Å². The number of hydrogen-bond acceptors (Lipinski definition) is 6. The molecule has 1 saturated carbocycles. The number of aliphatic imine (C=N–C) groups is 1. The van der Waals surface area contributed by atoms with Crippen LogP contribution < -0.4 is 10.6 Å². The van der Waals surface area contributed by atoms with Gasteiger partial charge < -0.3 is 10.6 Å². The van der Waals surface area contributed by atoms with Gasteiger partial charge in [0.05, 0.1) is 17.5 Å². The molecule has 4 rings (SSSR count). The Balaban J connectivity index is 1.43. The van der Waals surface area contributed by atoms with Crippen molar-refractivity contribution in [1.29, 1.82) is 0 Å². The number of nitrogens with one attached hydrogen (secondary N) is 2. The highest BCUT2D eigenvalue weighted by Gasteiger charge is 2.42. The SMILES string of the molecule is Cc1ccc(C(=O)NC2CCCCCC2)cc1NC1=N[C@H]2CS(=O)(=O)C[C@H]2S1. The molecule has 152 valence electrons. The zero-order valence-corrected chi connectivity index (χ0v) is 17.7. The molecule has 1 amide bonds. The van der Waals surface area contributed by atoms with E-state index in [0.29, 0.717) is 5.56 Å². The van der Waals surface area contributed by atoms with Gasteiger partial charge >= 0.3 is 0 Å². The number of amidine groups is 1. The third-order valence-electron chi connectivity index (χ3n) is 5.75. The summed E-state index contributed by atoms with van der Waals surface area (Å²) in [5.41, 5.74) is 2.52. The highest BCUT2D eigenvalue weighted by atomic mass is 32.2. The highest BCUT2D eigenvalue weighted by Crippen LogP contribution is 2.35. The van der Waals surface area contributed by atoms with E-state index in [9.17, 15) is 13.2 Å². The predicted octanol–water partition coefficient (Wildman–Crippen LogP) is 3.13. The van der Waals surface area contributed by atoms with Gasteiger partial charge in [-0.05, 0) is 37.5 Å². The van der Waals surface area contributed by atoms with Crippen LogP contribution in [0.1, 0.15) is 54.4 Å². The first kappa shape index (κ1) is 19.8. The standard InChI is InChI=1S/C20H27N3O3S2/c1-13-8-9-14(19(24)21-15-6-4-2-3-5-7-15)10-16(13)22-20-23-17-11-28(25,26)12-18(17)27-20/h8-10,15,17-18H,2-7,11-12H2,1H3,(H,21,24)(H,22,23)/t17-,18+/m0/s1. The minimum absolute atomic E-state index is 0.00882.